The van der Waals surface area contributed by atoms with Crippen LogP contribution in [0.1, 0.15) is 31.2 Å². The van der Waals surface area contributed by atoms with Gasteiger partial charge in [0, 0.05) is 19.6 Å². The third-order valence-electron chi connectivity index (χ3n) is 4.15. The molecule has 0 bridgehead atoms. The Morgan fingerprint density at radius 1 is 1.29 bits per heavy atom. The van der Waals surface area contributed by atoms with Crippen LogP contribution < -0.4 is 11.1 Å². The van der Waals surface area contributed by atoms with E-state index < -0.39 is 0 Å². The Morgan fingerprint density at radius 3 is 2.57 bits per heavy atom. The van der Waals surface area contributed by atoms with Crippen molar-refractivity contribution in [2.24, 2.45) is 11.7 Å². The van der Waals surface area contributed by atoms with Gasteiger partial charge in [0.2, 0.25) is 5.91 Å². The number of nitrogens with one attached hydrogen (secondary N) is 1. The maximum atomic E-state index is 12.3. The van der Waals surface area contributed by atoms with Crippen LogP contribution in [0.25, 0.3) is 0 Å². The largest absolute Gasteiger partial charge is 0.355 e. The molecule has 1 heterocycles. The van der Waals surface area contributed by atoms with Gasteiger partial charge in [-0.2, -0.15) is 0 Å². The van der Waals surface area contributed by atoms with E-state index in [0.29, 0.717) is 12.5 Å². The minimum absolute atomic E-state index is 0.0389. The fourth-order valence-corrected chi connectivity index (χ4v) is 2.95. The summed E-state index contributed by atoms with van der Waals surface area (Å²) >= 11 is 0. The van der Waals surface area contributed by atoms with Crippen LogP contribution in [-0.4, -0.2) is 43.5 Å². The molecule has 2 rings (SSSR count). The molecule has 21 heavy (non-hydrogen) atoms. The van der Waals surface area contributed by atoms with E-state index in [4.69, 9.17) is 5.73 Å². The van der Waals surface area contributed by atoms with Crippen molar-refractivity contribution in [1.29, 1.82) is 0 Å². The molecule has 2 unspecified atom stereocenters. The summed E-state index contributed by atoms with van der Waals surface area (Å²) in [6.45, 7) is 6.73. The summed E-state index contributed by atoms with van der Waals surface area (Å²) < 4.78 is 0. The summed E-state index contributed by atoms with van der Waals surface area (Å²) in [5.74, 6) is 0.267. The van der Waals surface area contributed by atoms with Crippen molar-refractivity contribution in [3.63, 3.8) is 0 Å². The van der Waals surface area contributed by atoms with Gasteiger partial charge in [-0.05, 0) is 37.4 Å². The van der Waals surface area contributed by atoms with E-state index in [0.717, 1.165) is 18.7 Å². The van der Waals surface area contributed by atoms with Gasteiger partial charge in [-0.1, -0.05) is 37.3 Å². The maximum Gasteiger partial charge on any atom is 0.228 e. The number of hydrogen-bond acceptors (Lipinski definition) is 3. The number of carbonyl (C=O) groups excluding carboxylic acids is 1. The Hall–Kier alpha value is -1.39. The number of nitrogens with two attached hydrogens (primary N) is 1. The number of carbonyl (C=O) groups is 1. The Kier molecular flexibility index (Phi) is 6.21. The highest BCUT2D eigenvalue weighted by Gasteiger charge is 2.20. The van der Waals surface area contributed by atoms with Crippen LogP contribution in [0, 0.1) is 5.92 Å². The standard InChI is InChI=1S/C17H27N3O/c1-14(13-20-9-5-6-10-20)12-19-17(21)16(11-18)15-7-3-2-4-8-15/h2-4,7-8,14,16H,5-6,9-13,18H2,1H3,(H,19,21). The Labute approximate surface area is 127 Å². The summed E-state index contributed by atoms with van der Waals surface area (Å²) in [4.78, 5) is 14.8. The number of hydrogen-bond donors (Lipinski definition) is 2. The Morgan fingerprint density at radius 2 is 1.95 bits per heavy atom. The molecule has 116 valence electrons. The van der Waals surface area contributed by atoms with E-state index in [2.05, 4.69) is 17.1 Å². The lowest BCUT2D eigenvalue weighted by Crippen LogP contribution is -2.38. The van der Waals surface area contributed by atoms with Gasteiger partial charge in [0.25, 0.3) is 0 Å². The van der Waals surface area contributed by atoms with Gasteiger partial charge in [-0.3, -0.25) is 4.79 Å². The van der Waals surface area contributed by atoms with Gasteiger partial charge in [0.15, 0.2) is 0 Å². The highest BCUT2D eigenvalue weighted by Crippen LogP contribution is 2.14. The minimum Gasteiger partial charge on any atom is -0.355 e. The van der Waals surface area contributed by atoms with Gasteiger partial charge >= 0.3 is 0 Å². The van der Waals surface area contributed by atoms with Crippen LogP contribution in [0.4, 0.5) is 0 Å². The summed E-state index contributed by atoms with van der Waals surface area (Å²) in [5, 5.41) is 3.06. The first-order valence-electron chi connectivity index (χ1n) is 7.95. The summed E-state index contributed by atoms with van der Waals surface area (Å²) in [6.07, 6.45) is 2.62. The first kappa shape index (κ1) is 16.0. The molecule has 4 nitrogen and oxygen atoms in total. The zero-order chi connectivity index (χ0) is 15.1. The quantitative estimate of drug-likeness (QED) is 0.801. The molecule has 4 heteroatoms. The van der Waals surface area contributed by atoms with Crippen LogP contribution in [0.3, 0.4) is 0 Å². The van der Waals surface area contributed by atoms with Crippen molar-refractivity contribution in [2.75, 3.05) is 32.7 Å². The van der Waals surface area contributed by atoms with E-state index in [1.807, 2.05) is 30.3 Å². The van der Waals surface area contributed by atoms with E-state index in [-0.39, 0.29) is 11.8 Å². The van der Waals surface area contributed by atoms with Crippen molar-refractivity contribution in [3.8, 4) is 0 Å². The van der Waals surface area contributed by atoms with Crippen LogP contribution >= 0.6 is 0 Å². The van der Waals surface area contributed by atoms with E-state index in [9.17, 15) is 4.79 Å². The van der Waals surface area contributed by atoms with Crippen molar-refractivity contribution in [1.82, 2.24) is 10.2 Å². The van der Waals surface area contributed by atoms with Gasteiger partial charge in [-0.25, -0.2) is 0 Å². The molecule has 1 aliphatic rings. The lowest BCUT2D eigenvalue weighted by Gasteiger charge is -2.22. The predicted molar refractivity (Wildman–Crippen MR) is 86.1 cm³/mol. The fraction of sp³-hybridized carbons (Fsp3) is 0.588. The van der Waals surface area contributed by atoms with Crippen molar-refractivity contribution >= 4 is 5.91 Å². The summed E-state index contributed by atoms with van der Waals surface area (Å²) in [6, 6.07) is 9.77. The molecule has 0 saturated carbocycles. The number of likely N-dealkylation sites (tertiary alicyclic amines) is 1. The molecule has 1 fully saturated rings. The average molecular weight is 289 g/mol. The van der Waals surface area contributed by atoms with Gasteiger partial charge in [0.1, 0.15) is 0 Å². The highest BCUT2D eigenvalue weighted by molar-refractivity contribution is 5.83. The Bertz CT molecular complexity index is 429. The highest BCUT2D eigenvalue weighted by atomic mass is 16.1. The topological polar surface area (TPSA) is 58.4 Å². The molecule has 0 aliphatic carbocycles. The summed E-state index contributed by atoms with van der Waals surface area (Å²) in [5.41, 5.74) is 6.77. The summed E-state index contributed by atoms with van der Waals surface area (Å²) in [7, 11) is 0. The molecular formula is C17H27N3O. The molecule has 1 aromatic rings. The number of rotatable bonds is 7. The predicted octanol–water partition coefficient (Wildman–Crippen LogP) is 1.58. The van der Waals surface area contributed by atoms with Gasteiger partial charge in [0.05, 0.1) is 5.92 Å². The molecule has 0 spiro atoms. The SMILES string of the molecule is CC(CNC(=O)C(CN)c1ccccc1)CN1CCCC1. The second kappa shape index (κ2) is 8.15. The molecule has 1 aliphatic heterocycles. The first-order valence-corrected chi connectivity index (χ1v) is 7.95. The van der Waals surface area contributed by atoms with Gasteiger partial charge in [-0.15, -0.1) is 0 Å². The van der Waals surface area contributed by atoms with Gasteiger partial charge < -0.3 is 16.0 Å². The second-order valence-electron chi connectivity index (χ2n) is 6.06. The van der Waals surface area contributed by atoms with E-state index in [1.54, 1.807) is 0 Å². The third kappa shape index (κ3) is 4.83. The molecule has 1 saturated heterocycles. The molecule has 2 atom stereocenters. The number of benzene rings is 1. The lowest BCUT2D eigenvalue weighted by atomic mass is 9.98. The van der Waals surface area contributed by atoms with Crippen LogP contribution in [0.15, 0.2) is 30.3 Å². The zero-order valence-electron chi connectivity index (χ0n) is 12.9. The maximum absolute atomic E-state index is 12.3. The lowest BCUT2D eigenvalue weighted by molar-refractivity contribution is -0.122. The Balaban J connectivity index is 1.79. The molecule has 1 aromatic carbocycles. The normalized spacial score (nSPS) is 18.4. The van der Waals surface area contributed by atoms with Crippen molar-refractivity contribution in [2.45, 2.75) is 25.7 Å². The second-order valence-corrected chi connectivity index (χ2v) is 6.06. The first-order chi connectivity index (χ1) is 10.2. The smallest absolute Gasteiger partial charge is 0.228 e. The van der Waals surface area contributed by atoms with Crippen molar-refractivity contribution in [3.05, 3.63) is 35.9 Å². The molecule has 0 radical (unpaired) electrons. The number of nitrogens with zero attached hydrogens (tertiary/aromatic N) is 1. The van der Waals surface area contributed by atoms with Crippen LogP contribution in [0.2, 0.25) is 0 Å². The third-order valence-corrected chi connectivity index (χ3v) is 4.15. The zero-order valence-corrected chi connectivity index (χ0v) is 12.9. The average Bonchev–Trinajstić information content (AvgIpc) is 3.00. The molecule has 0 aromatic heterocycles. The number of amides is 1. The van der Waals surface area contributed by atoms with Crippen molar-refractivity contribution < 1.29 is 4.79 Å². The minimum atomic E-state index is -0.245. The molecular weight excluding hydrogens is 262 g/mol. The molecule has 3 N–H and O–H groups in total. The van der Waals surface area contributed by atoms with Crippen LogP contribution in [-0.2, 0) is 4.79 Å². The monoisotopic (exact) mass is 289 g/mol. The van der Waals surface area contributed by atoms with Crippen LogP contribution in [0.5, 0.6) is 0 Å². The molecule has 1 amide bonds. The van der Waals surface area contributed by atoms with E-state index in [1.165, 1.54) is 25.9 Å². The van der Waals surface area contributed by atoms with E-state index >= 15 is 0 Å². The fourth-order valence-electron chi connectivity index (χ4n) is 2.95.